The highest BCUT2D eigenvalue weighted by Crippen LogP contribution is 2.30. The lowest BCUT2D eigenvalue weighted by Crippen LogP contribution is -2.60. The maximum atomic E-state index is 12.5. The van der Waals surface area contributed by atoms with Crippen LogP contribution in [-0.4, -0.2) is 155 Å². The Hall–Kier alpha value is -2.09. The zero-order valence-corrected chi connectivity index (χ0v) is 34.7. The maximum Gasteiger partial charge on any atom is 0.333 e. The van der Waals surface area contributed by atoms with Crippen LogP contribution in [0.1, 0.15) is 82.1 Å². The Kier molecular flexibility index (Phi) is 22.9. The molecule has 15 heteroatoms. The van der Waals surface area contributed by atoms with Crippen molar-refractivity contribution in [3.8, 4) is 0 Å². The zero-order chi connectivity index (χ0) is 43.2. The van der Waals surface area contributed by atoms with Crippen molar-refractivity contribution in [3.05, 3.63) is 46.6 Å². The number of aliphatic hydroxyl groups excluding tert-OH is 11. The van der Waals surface area contributed by atoms with Crippen molar-refractivity contribution >= 4 is 5.97 Å². The minimum absolute atomic E-state index is 0.0990. The Labute approximate surface area is 332 Å². The van der Waals surface area contributed by atoms with E-state index in [9.17, 15) is 55.9 Å². The van der Waals surface area contributed by atoms with Gasteiger partial charge in [0.05, 0.1) is 31.5 Å². The summed E-state index contributed by atoms with van der Waals surface area (Å²) in [5.41, 5.74) is 2.06. The second-order valence-corrected chi connectivity index (χ2v) is 15.9. The molecule has 1 fully saturated rings. The first-order valence-electron chi connectivity index (χ1n) is 19.6. The number of hydrogen-bond acceptors (Lipinski definition) is 15. The number of rotatable bonds is 23. The molecule has 1 aliphatic rings. The molecule has 0 bridgehead atoms. The summed E-state index contributed by atoms with van der Waals surface area (Å²) >= 11 is 0. The second kappa shape index (κ2) is 24.7. The summed E-state index contributed by atoms with van der Waals surface area (Å²) in [7, 11) is 0. The average molecular weight is 805 g/mol. The van der Waals surface area contributed by atoms with E-state index in [-0.39, 0.29) is 17.4 Å². The van der Waals surface area contributed by atoms with Crippen LogP contribution in [0.15, 0.2) is 46.6 Å². The molecule has 1 aliphatic heterocycles. The smallest absolute Gasteiger partial charge is 0.333 e. The van der Waals surface area contributed by atoms with Crippen molar-refractivity contribution in [2.24, 2.45) is 29.6 Å². The lowest BCUT2D eigenvalue weighted by atomic mass is 9.87. The molecule has 1 saturated heterocycles. The van der Waals surface area contributed by atoms with Gasteiger partial charge in [-0.1, -0.05) is 72.3 Å². The van der Waals surface area contributed by atoms with Gasteiger partial charge in [-0.15, -0.1) is 0 Å². The van der Waals surface area contributed by atoms with Crippen molar-refractivity contribution in [2.75, 3.05) is 19.8 Å². The fourth-order valence-electron chi connectivity index (χ4n) is 6.91. The average Bonchev–Trinajstić information content (AvgIpc) is 3.16. The minimum atomic E-state index is -1.89. The van der Waals surface area contributed by atoms with Crippen LogP contribution in [0.5, 0.6) is 0 Å². The Morgan fingerprint density at radius 3 is 1.73 bits per heavy atom. The second-order valence-electron chi connectivity index (χ2n) is 15.9. The third kappa shape index (κ3) is 15.6. The Morgan fingerprint density at radius 1 is 0.696 bits per heavy atom. The van der Waals surface area contributed by atoms with E-state index in [0.717, 1.165) is 18.4 Å². The molecule has 0 aromatic carbocycles. The Bertz CT molecular complexity index is 1300. The number of esters is 1. The molecule has 15 nitrogen and oxygen atoms in total. The van der Waals surface area contributed by atoms with Gasteiger partial charge in [0.25, 0.3) is 0 Å². The summed E-state index contributed by atoms with van der Waals surface area (Å²) in [5.74, 6) is -1.61. The number of hydrogen-bond donors (Lipinski definition) is 11. The van der Waals surface area contributed by atoms with Gasteiger partial charge in [0, 0.05) is 23.3 Å². The van der Waals surface area contributed by atoms with Crippen LogP contribution in [0.25, 0.3) is 0 Å². The molecular formula is C41H72O15. The molecule has 0 aliphatic carbocycles. The Balaban J connectivity index is 3.16. The number of carbonyl (C=O) groups is 1. The van der Waals surface area contributed by atoms with Gasteiger partial charge in [-0.3, -0.25) is 0 Å². The first kappa shape index (κ1) is 51.9. The summed E-state index contributed by atoms with van der Waals surface area (Å²) in [6.45, 7) is 16.4. The fraction of sp³-hybridized carbons (Fsp3) is 0.780. The quantitative estimate of drug-likeness (QED) is 0.0385. The molecule has 0 saturated carbocycles. The van der Waals surface area contributed by atoms with Crippen LogP contribution in [-0.2, 0) is 19.0 Å². The van der Waals surface area contributed by atoms with Crippen LogP contribution in [0.4, 0.5) is 0 Å². The Morgan fingerprint density at radius 2 is 1.21 bits per heavy atom. The van der Waals surface area contributed by atoms with E-state index < -0.39 is 111 Å². The summed E-state index contributed by atoms with van der Waals surface area (Å²) in [4.78, 5) is 12.5. The van der Waals surface area contributed by atoms with E-state index in [1.165, 1.54) is 13.0 Å². The fourth-order valence-corrected chi connectivity index (χ4v) is 6.91. The monoisotopic (exact) mass is 804 g/mol. The molecule has 56 heavy (non-hydrogen) atoms. The van der Waals surface area contributed by atoms with E-state index in [1.54, 1.807) is 33.8 Å². The van der Waals surface area contributed by atoms with Crippen molar-refractivity contribution in [1.82, 2.24) is 0 Å². The SMILES string of the molecule is CC[C@H](C)C[C@H](C)/C=C(\C)[C@@H](O[C@H]1O[C@H](CO)[C@@H](O)[C@H](O)[C@@H]1O)[C@@H](C)/C=C(\C)[C@@H](O)[C@@H](C)/C=C(\C)[C@@H](O)[C@@H](C)/C=C(\C)C(=O)OC[C@@H](O)[C@@H](O)[C@H](O)[C@H](O)CO. The highest BCUT2D eigenvalue weighted by Gasteiger charge is 2.45. The predicted molar refractivity (Wildman–Crippen MR) is 208 cm³/mol. The molecule has 0 spiro atoms. The van der Waals surface area contributed by atoms with Crippen LogP contribution in [0.2, 0.25) is 0 Å². The standard InChI is InChI=1S/C41H72O15/c1-11-20(2)12-21(3)13-26(8)39(56-41-38(52)37(51)36(50)31(18-43)55-41)27(9)15-24(6)32(46)22(4)14-23(5)33(47)25(7)16-28(10)40(53)54-19-30(45)35(49)34(48)29(44)17-42/h13-16,20-22,25,27,29-39,41-52H,11-12,17-19H2,1-10H3/b23-14+,24-15+,26-13+,28-16+/t20-,21-,22-,25-,27-,29+,30+,31+,32-,33+,34+,35+,36+,37-,38-,39+,41+/m0/s1. The molecule has 0 aromatic rings. The highest BCUT2D eigenvalue weighted by molar-refractivity contribution is 5.87. The van der Waals surface area contributed by atoms with Crippen molar-refractivity contribution in [1.29, 1.82) is 0 Å². The summed E-state index contributed by atoms with van der Waals surface area (Å²) in [6.07, 6.45) is -8.04. The lowest BCUT2D eigenvalue weighted by molar-refractivity contribution is -0.310. The van der Waals surface area contributed by atoms with E-state index in [1.807, 2.05) is 19.9 Å². The van der Waals surface area contributed by atoms with Crippen molar-refractivity contribution in [2.45, 2.75) is 156 Å². The topological polar surface area (TPSA) is 267 Å². The maximum absolute atomic E-state index is 12.5. The lowest BCUT2D eigenvalue weighted by Gasteiger charge is -2.41. The summed E-state index contributed by atoms with van der Waals surface area (Å²) < 4.78 is 17.0. The van der Waals surface area contributed by atoms with Gasteiger partial charge >= 0.3 is 5.97 Å². The third-order valence-corrected chi connectivity index (χ3v) is 10.6. The van der Waals surface area contributed by atoms with Gasteiger partial charge in [0.1, 0.15) is 55.4 Å². The van der Waals surface area contributed by atoms with E-state index in [2.05, 4.69) is 26.8 Å². The summed E-state index contributed by atoms with van der Waals surface area (Å²) in [6, 6.07) is 0. The normalized spacial score (nSPS) is 28.3. The molecule has 0 amide bonds. The van der Waals surface area contributed by atoms with Gasteiger partial charge in [-0.05, 0) is 62.7 Å². The molecular weight excluding hydrogens is 732 g/mol. The third-order valence-electron chi connectivity index (χ3n) is 10.6. The number of aliphatic hydroxyl groups is 11. The molecule has 326 valence electrons. The van der Waals surface area contributed by atoms with Gasteiger partial charge in [0.15, 0.2) is 6.29 Å². The molecule has 0 unspecified atom stereocenters. The van der Waals surface area contributed by atoms with Crippen molar-refractivity contribution < 1.29 is 75.2 Å². The first-order chi connectivity index (χ1) is 26.0. The number of allylic oxidation sites excluding steroid dienone is 1. The number of carbonyl (C=O) groups excluding carboxylic acids is 1. The predicted octanol–water partition coefficient (Wildman–Crippen LogP) is 0.638. The van der Waals surface area contributed by atoms with Crippen LogP contribution in [0.3, 0.4) is 0 Å². The van der Waals surface area contributed by atoms with Gasteiger partial charge in [-0.2, -0.15) is 0 Å². The molecule has 0 aromatic heterocycles. The van der Waals surface area contributed by atoms with Crippen molar-refractivity contribution in [3.63, 3.8) is 0 Å². The van der Waals surface area contributed by atoms with E-state index in [4.69, 9.17) is 19.3 Å². The largest absolute Gasteiger partial charge is 0.459 e. The van der Waals surface area contributed by atoms with Crippen LogP contribution < -0.4 is 0 Å². The summed E-state index contributed by atoms with van der Waals surface area (Å²) in [5, 5.41) is 112. The number of ether oxygens (including phenoxy) is 3. The van der Waals surface area contributed by atoms with E-state index >= 15 is 0 Å². The molecule has 17 atom stereocenters. The highest BCUT2D eigenvalue weighted by atomic mass is 16.7. The van der Waals surface area contributed by atoms with Crippen LogP contribution >= 0.6 is 0 Å². The van der Waals surface area contributed by atoms with Gasteiger partial charge in [-0.25, -0.2) is 4.79 Å². The molecule has 11 N–H and O–H groups in total. The van der Waals surface area contributed by atoms with Crippen LogP contribution in [0, 0.1) is 29.6 Å². The molecule has 1 heterocycles. The first-order valence-corrected chi connectivity index (χ1v) is 19.6. The van der Waals surface area contributed by atoms with Gasteiger partial charge in [0.2, 0.25) is 0 Å². The zero-order valence-electron chi connectivity index (χ0n) is 34.7. The molecule has 1 rings (SSSR count). The molecule has 0 radical (unpaired) electrons. The van der Waals surface area contributed by atoms with E-state index in [0.29, 0.717) is 17.1 Å². The minimum Gasteiger partial charge on any atom is -0.459 e. The van der Waals surface area contributed by atoms with Gasteiger partial charge < -0.3 is 70.4 Å².